The summed E-state index contributed by atoms with van der Waals surface area (Å²) in [5.74, 6) is 4.77. The highest BCUT2D eigenvalue weighted by Crippen LogP contribution is 2.13. The lowest BCUT2D eigenvalue weighted by atomic mass is 10.2. The van der Waals surface area contributed by atoms with Crippen molar-refractivity contribution >= 4 is 23.4 Å². The van der Waals surface area contributed by atoms with Crippen LogP contribution >= 0.6 is 11.3 Å². The third kappa shape index (κ3) is 6.25. The molecule has 1 aromatic heterocycles. The zero-order chi connectivity index (χ0) is 15.2. The van der Waals surface area contributed by atoms with Crippen LogP contribution in [0.15, 0.2) is 11.4 Å². The average Bonchev–Trinajstić information content (AvgIpc) is 2.75. The molecule has 0 aliphatic rings. The Bertz CT molecular complexity index is 546. The number of alkyl carbamates (subject to hydrolysis) is 1. The highest BCUT2D eigenvalue weighted by atomic mass is 32.1. The number of aromatic carboxylic acids is 1. The van der Waals surface area contributed by atoms with Crippen molar-refractivity contribution < 1.29 is 19.4 Å². The van der Waals surface area contributed by atoms with Crippen LogP contribution in [0.5, 0.6) is 0 Å². The Kier molecular flexibility index (Phi) is 5.59. The molecule has 0 saturated carbocycles. The predicted molar refractivity (Wildman–Crippen MR) is 77.0 cm³/mol. The summed E-state index contributed by atoms with van der Waals surface area (Å²) in [7, 11) is 0. The van der Waals surface area contributed by atoms with Gasteiger partial charge >= 0.3 is 12.1 Å². The minimum atomic E-state index is -0.958. The zero-order valence-corrected chi connectivity index (χ0v) is 12.5. The van der Waals surface area contributed by atoms with Crippen molar-refractivity contribution in [3.05, 3.63) is 21.9 Å². The Hall–Kier alpha value is -2.00. The van der Waals surface area contributed by atoms with E-state index in [0.29, 0.717) is 17.8 Å². The number of carboxylic acids is 1. The van der Waals surface area contributed by atoms with Crippen LogP contribution in [-0.2, 0) is 4.74 Å². The molecule has 20 heavy (non-hydrogen) atoms. The van der Waals surface area contributed by atoms with Gasteiger partial charge in [-0.05, 0) is 26.8 Å². The molecular formula is C14H17NO4S. The number of thiophene rings is 1. The summed E-state index contributed by atoms with van der Waals surface area (Å²) in [5, 5.41) is 12.9. The Morgan fingerprint density at radius 3 is 2.70 bits per heavy atom. The molecule has 108 valence electrons. The van der Waals surface area contributed by atoms with E-state index in [1.165, 1.54) is 17.4 Å². The van der Waals surface area contributed by atoms with Crippen molar-refractivity contribution in [1.82, 2.24) is 5.32 Å². The molecule has 0 fully saturated rings. The second-order valence-corrected chi connectivity index (χ2v) is 5.90. The predicted octanol–water partition coefficient (Wildman–Crippen LogP) is 2.71. The SMILES string of the molecule is CC(C)(C)OC(=O)NCCC#Cc1cc(C(=O)O)cs1. The Balaban J connectivity index is 2.33. The zero-order valence-electron chi connectivity index (χ0n) is 11.6. The molecule has 0 bridgehead atoms. The Labute approximate surface area is 122 Å². The summed E-state index contributed by atoms with van der Waals surface area (Å²) in [6, 6.07) is 1.53. The van der Waals surface area contributed by atoms with Crippen LogP contribution in [0.25, 0.3) is 0 Å². The first-order valence-corrected chi connectivity index (χ1v) is 6.93. The molecule has 5 nitrogen and oxygen atoms in total. The number of ether oxygens (including phenoxy) is 1. The van der Waals surface area contributed by atoms with Crippen LogP contribution < -0.4 is 5.32 Å². The number of amides is 1. The lowest BCUT2D eigenvalue weighted by Gasteiger charge is -2.19. The molecule has 0 spiro atoms. The minimum absolute atomic E-state index is 0.242. The van der Waals surface area contributed by atoms with Crippen LogP contribution in [-0.4, -0.2) is 29.3 Å². The second kappa shape index (κ2) is 6.96. The van der Waals surface area contributed by atoms with Crippen LogP contribution in [0.4, 0.5) is 4.79 Å². The minimum Gasteiger partial charge on any atom is -0.478 e. The summed E-state index contributed by atoms with van der Waals surface area (Å²) in [6.07, 6.45) is 0.00287. The number of carboxylic acid groups (broad SMARTS) is 1. The molecule has 0 saturated heterocycles. The maximum atomic E-state index is 11.3. The lowest BCUT2D eigenvalue weighted by molar-refractivity contribution is 0.0528. The molecule has 1 amide bonds. The van der Waals surface area contributed by atoms with Crippen LogP contribution in [0.2, 0.25) is 0 Å². The molecule has 0 aromatic carbocycles. The fourth-order valence-electron chi connectivity index (χ4n) is 1.20. The van der Waals surface area contributed by atoms with E-state index in [0.717, 1.165) is 0 Å². The number of hydrogen-bond donors (Lipinski definition) is 2. The fourth-order valence-corrected chi connectivity index (χ4v) is 1.95. The molecule has 0 unspecified atom stereocenters. The quantitative estimate of drug-likeness (QED) is 0.664. The molecule has 0 atom stereocenters. The van der Waals surface area contributed by atoms with Gasteiger partial charge in [0, 0.05) is 18.3 Å². The number of carbonyl (C=O) groups is 2. The summed E-state index contributed by atoms with van der Waals surface area (Å²) >= 11 is 1.28. The van der Waals surface area contributed by atoms with E-state index in [2.05, 4.69) is 17.2 Å². The number of nitrogens with one attached hydrogen (secondary N) is 1. The van der Waals surface area contributed by atoms with Crippen LogP contribution in [0.1, 0.15) is 42.4 Å². The van der Waals surface area contributed by atoms with Gasteiger partial charge in [-0.15, -0.1) is 11.3 Å². The molecule has 1 aromatic rings. The highest BCUT2D eigenvalue weighted by molar-refractivity contribution is 7.10. The van der Waals surface area contributed by atoms with Gasteiger partial charge in [-0.25, -0.2) is 9.59 Å². The molecule has 1 heterocycles. The molecule has 1 rings (SSSR count). The summed E-state index contributed by atoms with van der Waals surface area (Å²) in [5.41, 5.74) is -0.272. The summed E-state index contributed by atoms with van der Waals surface area (Å²) < 4.78 is 5.07. The van der Waals surface area contributed by atoms with Crippen molar-refractivity contribution in [2.24, 2.45) is 0 Å². The molecule has 6 heteroatoms. The Morgan fingerprint density at radius 1 is 1.45 bits per heavy atom. The van der Waals surface area contributed by atoms with Gasteiger partial charge in [-0.3, -0.25) is 0 Å². The van der Waals surface area contributed by atoms with Crippen molar-refractivity contribution in [1.29, 1.82) is 0 Å². The summed E-state index contributed by atoms with van der Waals surface area (Å²) in [4.78, 5) is 22.7. The van der Waals surface area contributed by atoms with E-state index >= 15 is 0 Å². The topological polar surface area (TPSA) is 75.6 Å². The van der Waals surface area contributed by atoms with E-state index in [1.807, 2.05) is 0 Å². The van der Waals surface area contributed by atoms with Gasteiger partial charge in [0.1, 0.15) is 5.60 Å². The maximum absolute atomic E-state index is 11.3. The normalized spacial score (nSPS) is 10.3. The smallest absolute Gasteiger partial charge is 0.407 e. The van der Waals surface area contributed by atoms with Gasteiger partial charge in [0.15, 0.2) is 0 Å². The number of carbonyl (C=O) groups excluding carboxylic acids is 1. The van der Waals surface area contributed by atoms with Gasteiger partial charge in [0.2, 0.25) is 0 Å². The van der Waals surface area contributed by atoms with Crippen molar-refractivity contribution in [2.75, 3.05) is 6.54 Å². The van der Waals surface area contributed by atoms with Gasteiger partial charge in [-0.1, -0.05) is 11.8 Å². The monoisotopic (exact) mass is 295 g/mol. The number of hydrogen-bond acceptors (Lipinski definition) is 4. The molecule has 0 aliphatic heterocycles. The van der Waals surface area contributed by atoms with E-state index < -0.39 is 17.7 Å². The van der Waals surface area contributed by atoms with Crippen molar-refractivity contribution in [3.8, 4) is 11.8 Å². The van der Waals surface area contributed by atoms with Crippen molar-refractivity contribution in [3.63, 3.8) is 0 Å². The van der Waals surface area contributed by atoms with E-state index in [4.69, 9.17) is 9.84 Å². The molecule has 2 N–H and O–H groups in total. The summed E-state index contributed by atoms with van der Waals surface area (Å²) in [6.45, 7) is 5.77. The third-order valence-electron chi connectivity index (χ3n) is 1.98. The first-order valence-electron chi connectivity index (χ1n) is 6.05. The lowest BCUT2D eigenvalue weighted by Crippen LogP contribution is -2.32. The van der Waals surface area contributed by atoms with Gasteiger partial charge in [0.25, 0.3) is 0 Å². The van der Waals surface area contributed by atoms with Gasteiger partial charge in [-0.2, -0.15) is 0 Å². The third-order valence-corrected chi connectivity index (χ3v) is 2.82. The number of rotatable bonds is 3. The molecule has 0 aliphatic carbocycles. The largest absolute Gasteiger partial charge is 0.478 e. The standard InChI is InChI=1S/C14H17NO4S/c1-14(2,3)19-13(18)15-7-5-4-6-11-8-10(9-20-11)12(16)17/h8-9H,5,7H2,1-3H3,(H,15,18)(H,16,17). The maximum Gasteiger partial charge on any atom is 0.407 e. The van der Waals surface area contributed by atoms with Crippen LogP contribution in [0, 0.1) is 11.8 Å². The first-order chi connectivity index (χ1) is 9.28. The highest BCUT2D eigenvalue weighted by Gasteiger charge is 2.15. The molecule has 0 radical (unpaired) electrons. The fraction of sp³-hybridized carbons (Fsp3) is 0.429. The Morgan fingerprint density at radius 2 is 2.15 bits per heavy atom. The van der Waals surface area contributed by atoms with Gasteiger partial charge in [0.05, 0.1) is 10.4 Å². The van der Waals surface area contributed by atoms with E-state index in [9.17, 15) is 9.59 Å². The second-order valence-electron chi connectivity index (χ2n) is 4.99. The van der Waals surface area contributed by atoms with Crippen molar-refractivity contribution in [2.45, 2.75) is 32.8 Å². The van der Waals surface area contributed by atoms with E-state index in [-0.39, 0.29) is 5.56 Å². The van der Waals surface area contributed by atoms with Crippen LogP contribution in [0.3, 0.4) is 0 Å². The van der Waals surface area contributed by atoms with E-state index in [1.54, 1.807) is 26.2 Å². The average molecular weight is 295 g/mol. The van der Waals surface area contributed by atoms with Gasteiger partial charge < -0.3 is 15.2 Å². The molecular weight excluding hydrogens is 278 g/mol. The first kappa shape index (κ1) is 16.1.